The van der Waals surface area contributed by atoms with Gasteiger partial charge in [-0.25, -0.2) is 8.42 Å². The summed E-state index contributed by atoms with van der Waals surface area (Å²) in [4.78, 5) is 2.74. The Morgan fingerprint density at radius 2 is 2.05 bits per heavy atom. The Morgan fingerprint density at radius 3 is 2.70 bits per heavy atom. The number of nitrogens with one attached hydrogen (secondary N) is 1. The third-order valence-corrected chi connectivity index (χ3v) is 5.84. The van der Waals surface area contributed by atoms with E-state index in [9.17, 15) is 8.42 Å². The number of sulfone groups is 1. The van der Waals surface area contributed by atoms with Crippen molar-refractivity contribution >= 4 is 15.5 Å². The van der Waals surface area contributed by atoms with Gasteiger partial charge < -0.3 is 10.2 Å². The number of anilines is 1. The maximum Gasteiger partial charge on any atom is 0.180 e. The molecule has 0 spiro atoms. The normalized spacial score (nSPS) is 24.6. The maximum atomic E-state index is 12.1. The lowest BCUT2D eigenvalue weighted by atomic mass is 9.94. The van der Waals surface area contributed by atoms with Crippen LogP contribution in [-0.4, -0.2) is 45.2 Å². The van der Waals surface area contributed by atoms with Crippen molar-refractivity contribution in [1.82, 2.24) is 4.90 Å². The van der Waals surface area contributed by atoms with Crippen molar-refractivity contribution in [3.05, 3.63) is 24.3 Å². The second kappa shape index (κ2) is 6.14. The molecule has 0 bridgehead atoms. The number of benzene rings is 1. The van der Waals surface area contributed by atoms with Crippen LogP contribution in [0.1, 0.15) is 20.3 Å². The standard InChI is InChI=1S/C15H24N2O2S/c1-4-20(18,19)15-8-6-5-7-14(15)16-13-9-10-17(3)11-12(13)2/h5-8,12-13,16H,4,9-11H2,1-3H3. The fourth-order valence-corrected chi connectivity index (χ4v) is 3.84. The van der Waals surface area contributed by atoms with E-state index >= 15 is 0 Å². The largest absolute Gasteiger partial charge is 0.381 e. The van der Waals surface area contributed by atoms with Gasteiger partial charge in [0.2, 0.25) is 0 Å². The van der Waals surface area contributed by atoms with Crippen molar-refractivity contribution in [3.8, 4) is 0 Å². The molecule has 20 heavy (non-hydrogen) atoms. The molecule has 1 fully saturated rings. The highest BCUT2D eigenvalue weighted by atomic mass is 32.2. The molecule has 1 aliphatic heterocycles. The Hall–Kier alpha value is -1.07. The molecule has 5 heteroatoms. The monoisotopic (exact) mass is 296 g/mol. The molecule has 1 N–H and O–H groups in total. The minimum Gasteiger partial charge on any atom is -0.381 e. The highest BCUT2D eigenvalue weighted by Crippen LogP contribution is 2.26. The third-order valence-electron chi connectivity index (χ3n) is 4.05. The van der Waals surface area contributed by atoms with Gasteiger partial charge in [0.05, 0.1) is 16.3 Å². The van der Waals surface area contributed by atoms with Crippen molar-refractivity contribution in [2.24, 2.45) is 5.92 Å². The number of hydrogen-bond acceptors (Lipinski definition) is 4. The van der Waals surface area contributed by atoms with E-state index in [-0.39, 0.29) is 5.75 Å². The first-order chi connectivity index (χ1) is 9.44. The van der Waals surface area contributed by atoms with Crippen LogP contribution in [0.2, 0.25) is 0 Å². The van der Waals surface area contributed by atoms with E-state index in [1.54, 1.807) is 19.1 Å². The average Bonchev–Trinajstić information content (AvgIpc) is 2.42. The Kier molecular flexibility index (Phi) is 4.70. The van der Waals surface area contributed by atoms with E-state index in [2.05, 4.69) is 24.2 Å². The summed E-state index contributed by atoms with van der Waals surface area (Å²) in [6.45, 7) is 5.99. The van der Waals surface area contributed by atoms with E-state index in [1.807, 2.05) is 12.1 Å². The molecular weight excluding hydrogens is 272 g/mol. The molecule has 0 saturated carbocycles. The van der Waals surface area contributed by atoms with Crippen molar-refractivity contribution in [1.29, 1.82) is 0 Å². The molecule has 0 amide bonds. The van der Waals surface area contributed by atoms with E-state index in [1.165, 1.54) is 0 Å². The Labute approximate surface area is 122 Å². The van der Waals surface area contributed by atoms with Gasteiger partial charge in [0.1, 0.15) is 0 Å². The van der Waals surface area contributed by atoms with Crippen LogP contribution in [-0.2, 0) is 9.84 Å². The second-order valence-corrected chi connectivity index (χ2v) is 7.93. The summed E-state index contributed by atoms with van der Waals surface area (Å²) in [7, 11) is -1.05. The van der Waals surface area contributed by atoms with Gasteiger partial charge in [-0.1, -0.05) is 26.0 Å². The summed E-state index contributed by atoms with van der Waals surface area (Å²) in [5.41, 5.74) is 0.746. The summed E-state index contributed by atoms with van der Waals surface area (Å²) in [6, 6.07) is 7.57. The highest BCUT2D eigenvalue weighted by Gasteiger charge is 2.25. The summed E-state index contributed by atoms with van der Waals surface area (Å²) < 4.78 is 24.3. The van der Waals surface area contributed by atoms with E-state index in [0.29, 0.717) is 16.9 Å². The first-order valence-electron chi connectivity index (χ1n) is 7.21. The van der Waals surface area contributed by atoms with Crippen LogP contribution in [0.4, 0.5) is 5.69 Å². The number of rotatable bonds is 4. The summed E-state index contributed by atoms with van der Waals surface area (Å²) in [5, 5.41) is 3.45. The Bertz CT molecular complexity index is 557. The maximum absolute atomic E-state index is 12.1. The van der Waals surface area contributed by atoms with E-state index in [0.717, 1.165) is 25.2 Å². The molecule has 2 unspecified atom stereocenters. The van der Waals surface area contributed by atoms with Crippen molar-refractivity contribution in [2.45, 2.75) is 31.2 Å². The SMILES string of the molecule is CCS(=O)(=O)c1ccccc1NC1CCN(C)CC1C. The zero-order chi connectivity index (χ0) is 14.8. The van der Waals surface area contributed by atoms with Crippen LogP contribution in [0.5, 0.6) is 0 Å². The Morgan fingerprint density at radius 1 is 1.35 bits per heavy atom. The molecule has 112 valence electrons. The van der Waals surface area contributed by atoms with Crippen LogP contribution < -0.4 is 5.32 Å². The molecular formula is C15H24N2O2S. The Balaban J connectivity index is 2.22. The van der Waals surface area contributed by atoms with E-state index < -0.39 is 9.84 Å². The van der Waals surface area contributed by atoms with Crippen molar-refractivity contribution < 1.29 is 8.42 Å². The molecule has 0 aliphatic carbocycles. The fraction of sp³-hybridized carbons (Fsp3) is 0.600. The van der Waals surface area contributed by atoms with Crippen LogP contribution in [0, 0.1) is 5.92 Å². The zero-order valence-corrected chi connectivity index (χ0v) is 13.3. The molecule has 0 radical (unpaired) electrons. The van der Waals surface area contributed by atoms with Gasteiger partial charge in [0, 0.05) is 12.6 Å². The molecule has 1 saturated heterocycles. The number of piperidine rings is 1. The molecule has 1 aromatic rings. The quantitative estimate of drug-likeness (QED) is 0.925. The highest BCUT2D eigenvalue weighted by molar-refractivity contribution is 7.91. The van der Waals surface area contributed by atoms with Crippen LogP contribution in [0.25, 0.3) is 0 Å². The molecule has 1 aromatic carbocycles. The molecule has 1 heterocycles. The number of hydrogen-bond donors (Lipinski definition) is 1. The van der Waals surface area contributed by atoms with Gasteiger partial charge in [0.25, 0.3) is 0 Å². The predicted octanol–water partition coefficient (Wildman–Crippen LogP) is 2.23. The first-order valence-corrected chi connectivity index (χ1v) is 8.86. The third kappa shape index (κ3) is 3.33. The molecule has 1 aliphatic rings. The van der Waals surface area contributed by atoms with Crippen LogP contribution in [0.15, 0.2) is 29.2 Å². The minimum atomic E-state index is -3.18. The minimum absolute atomic E-state index is 0.134. The van der Waals surface area contributed by atoms with Gasteiger partial charge in [-0.15, -0.1) is 0 Å². The van der Waals surface area contributed by atoms with Crippen LogP contribution >= 0.6 is 0 Å². The zero-order valence-electron chi connectivity index (χ0n) is 12.5. The molecule has 0 aromatic heterocycles. The van der Waals surface area contributed by atoms with Gasteiger partial charge >= 0.3 is 0 Å². The first kappa shape index (κ1) is 15.3. The van der Waals surface area contributed by atoms with Crippen molar-refractivity contribution in [3.63, 3.8) is 0 Å². The molecule has 2 rings (SSSR count). The van der Waals surface area contributed by atoms with Gasteiger partial charge in [-0.3, -0.25) is 0 Å². The van der Waals surface area contributed by atoms with Gasteiger partial charge in [0.15, 0.2) is 9.84 Å². The van der Waals surface area contributed by atoms with Crippen molar-refractivity contribution in [2.75, 3.05) is 31.2 Å². The van der Waals surface area contributed by atoms with Gasteiger partial charge in [-0.2, -0.15) is 0 Å². The predicted molar refractivity (Wildman–Crippen MR) is 82.9 cm³/mol. The fourth-order valence-electron chi connectivity index (χ4n) is 2.78. The molecule has 2 atom stereocenters. The average molecular weight is 296 g/mol. The summed E-state index contributed by atoms with van der Waals surface area (Å²) in [5.74, 6) is 0.639. The van der Waals surface area contributed by atoms with E-state index in [4.69, 9.17) is 0 Å². The lowest BCUT2D eigenvalue weighted by Crippen LogP contribution is -2.43. The lowest BCUT2D eigenvalue weighted by Gasteiger charge is -2.36. The smallest absolute Gasteiger partial charge is 0.180 e. The lowest BCUT2D eigenvalue weighted by molar-refractivity contribution is 0.206. The topological polar surface area (TPSA) is 49.4 Å². The van der Waals surface area contributed by atoms with Gasteiger partial charge in [-0.05, 0) is 38.1 Å². The number of para-hydroxylation sites is 1. The summed E-state index contributed by atoms with van der Waals surface area (Å²) in [6.07, 6.45) is 1.04. The van der Waals surface area contributed by atoms with Crippen LogP contribution in [0.3, 0.4) is 0 Å². The number of nitrogens with zero attached hydrogens (tertiary/aromatic N) is 1. The second-order valence-electron chi connectivity index (χ2n) is 5.68. The molecule has 4 nitrogen and oxygen atoms in total. The summed E-state index contributed by atoms with van der Waals surface area (Å²) >= 11 is 0. The number of likely N-dealkylation sites (tertiary alicyclic amines) is 1.